The molecule has 11 heavy (non-hydrogen) atoms. The van der Waals surface area contributed by atoms with Crippen LogP contribution in [0.15, 0.2) is 0 Å². The molecule has 0 bridgehead atoms. The van der Waals surface area contributed by atoms with Gasteiger partial charge in [-0.25, -0.2) is 0 Å². The van der Waals surface area contributed by atoms with E-state index in [9.17, 15) is 0 Å². The number of hydrogen-bond donors (Lipinski definition) is 0. The number of halogens is 1. The van der Waals surface area contributed by atoms with E-state index in [-0.39, 0.29) is 38.0 Å². The van der Waals surface area contributed by atoms with Crippen molar-refractivity contribution in [3.63, 3.8) is 0 Å². The first-order chi connectivity index (χ1) is 3.63. The molecule has 0 aliphatic carbocycles. The van der Waals surface area contributed by atoms with Crippen molar-refractivity contribution in [3.05, 3.63) is 0 Å². The summed E-state index contributed by atoms with van der Waals surface area (Å²) in [6.07, 6.45) is 2.96. The van der Waals surface area contributed by atoms with Crippen molar-refractivity contribution in [2.24, 2.45) is 0 Å². The molecule has 0 unspecified atom stereocenters. The molecular formula is C6H17ClOP2Tc-2. The minimum Gasteiger partial charge on any atom is -1.00 e. The maximum atomic E-state index is 2.36. The van der Waals surface area contributed by atoms with Gasteiger partial charge in [0.15, 0.2) is 0 Å². The zero-order valence-corrected chi connectivity index (χ0v) is 11.9. The van der Waals surface area contributed by atoms with E-state index in [0.717, 1.165) is 0 Å². The van der Waals surface area contributed by atoms with Gasteiger partial charge in [0.25, 0.3) is 0 Å². The van der Waals surface area contributed by atoms with Gasteiger partial charge in [0.1, 0.15) is 0 Å². The van der Waals surface area contributed by atoms with Crippen molar-refractivity contribution in [3.8, 4) is 0 Å². The Hall–Kier alpha value is 1.76. The number of rotatable bonds is 3. The summed E-state index contributed by atoms with van der Waals surface area (Å²) in [6, 6.07) is 0. The molecule has 0 aromatic rings. The topological polar surface area (TPSA) is 30.0 Å². The van der Waals surface area contributed by atoms with Crippen LogP contribution < -0.4 is 12.4 Å². The molecular weight excluding hydrogens is 284 g/mol. The van der Waals surface area contributed by atoms with Crippen LogP contribution in [-0.4, -0.2) is 44.5 Å². The molecule has 0 saturated carbocycles. The SMILES string of the molecule is CP(C)CCP(C)C.[99Tc].[Cl-].[OH-]. The second-order valence-electron chi connectivity index (χ2n) is 2.61. The Kier molecular flexibility index (Phi) is 29.9. The predicted octanol–water partition coefficient (Wildman–Crippen LogP) is -0.706. The van der Waals surface area contributed by atoms with Gasteiger partial charge in [-0.2, -0.15) is 0 Å². The third-order valence-electron chi connectivity index (χ3n) is 0.994. The Morgan fingerprint density at radius 2 is 1.00 bits per heavy atom. The largest absolute Gasteiger partial charge is 1.00 e. The Balaban J connectivity index is -0.0000000817. The van der Waals surface area contributed by atoms with Crippen molar-refractivity contribution in [1.29, 1.82) is 0 Å². The van der Waals surface area contributed by atoms with Crippen LogP contribution in [0.3, 0.4) is 0 Å². The van der Waals surface area contributed by atoms with Gasteiger partial charge in [0.2, 0.25) is 0 Å². The van der Waals surface area contributed by atoms with E-state index < -0.39 is 0 Å². The van der Waals surface area contributed by atoms with Crippen LogP contribution in [0, 0.1) is 0 Å². The van der Waals surface area contributed by atoms with E-state index >= 15 is 0 Å². The van der Waals surface area contributed by atoms with Gasteiger partial charge in [-0.1, -0.05) is 0 Å². The summed E-state index contributed by atoms with van der Waals surface area (Å²) in [5, 5.41) is 0. The Morgan fingerprint density at radius 1 is 0.818 bits per heavy atom. The van der Waals surface area contributed by atoms with Crippen molar-refractivity contribution in [1.82, 2.24) is 0 Å². The maximum absolute atomic E-state index is 2.36. The smallest absolute Gasteiger partial charge is 0 e. The summed E-state index contributed by atoms with van der Waals surface area (Å²) in [4.78, 5) is 0. The third kappa shape index (κ3) is 24.5. The quantitative estimate of drug-likeness (QED) is 0.634. The molecule has 0 aliphatic heterocycles. The predicted molar refractivity (Wildman–Crippen MR) is 49.2 cm³/mol. The van der Waals surface area contributed by atoms with Crippen LogP contribution in [0.25, 0.3) is 0 Å². The summed E-state index contributed by atoms with van der Waals surface area (Å²) < 4.78 is 0. The second-order valence-corrected chi connectivity index (χ2v) is 7.82. The van der Waals surface area contributed by atoms with Gasteiger partial charge in [0, 0.05) is 20.1 Å². The molecule has 0 aromatic carbocycles. The fourth-order valence-corrected chi connectivity index (χ4v) is 3.60. The average molecular weight is 302 g/mol. The van der Waals surface area contributed by atoms with Crippen molar-refractivity contribution in [2.75, 3.05) is 39.0 Å². The molecule has 0 heterocycles. The van der Waals surface area contributed by atoms with Crippen molar-refractivity contribution < 1.29 is 38.0 Å². The summed E-state index contributed by atoms with van der Waals surface area (Å²) in [6.45, 7) is 9.42. The second kappa shape index (κ2) is 14.3. The molecule has 0 fully saturated rings. The first-order valence-electron chi connectivity index (χ1n) is 2.92. The summed E-state index contributed by atoms with van der Waals surface area (Å²) in [5.41, 5.74) is 0. The minimum absolute atomic E-state index is 0. The van der Waals surface area contributed by atoms with E-state index in [0.29, 0.717) is 15.8 Å². The van der Waals surface area contributed by atoms with Crippen LogP contribution in [0.4, 0.5) is 0 Å². The maximum Gasteiger partial charge on any atom is 0 e. The van der Waals surface area contributed by atoms with E-state index in [1.165, 1.54) is 12.3 Å². The normalized spacial score (nSPS) is 8.18. The molecule has 0 rings (SSSR count). The van der Waals surface area contributed by atoms with Crippen molar-refractivity contribution in [2.45, 2.75) is 0 Å². The zero-order valence-electron chi connectivity index (χ0n) is 7.51. The van der Waals surface area contributed by atoms with E-state index in [1.54, 1.807) is 0 Å². The molecule has 73 valence electrons. The summed E-state index contributed by atoms with van der Waals surface area (Å²) in [5.74, 6) is 0. The van der Waals surface area contributed by atoms with Crippen molar-refractivity contribution >= 4 is 15.8 Å². The minimum atomic E-state index is 0. The molecule has 1 radical (unpaired) electrons. The fraction of sp³-hybridized carbons (Fsp3) is 1.00. The van der Waals surface area contributed by atoms with Crippen LogP contribution in [-0.2, 0) is 20.1 Å². The Morgan fingerprint density at radius 3 is 1.09 bits per heavy atom. The van der Waals surface area contributed by atoms with Crippen LogP contribution in [0.2, 0.25) is 0 Å². The number of hydrogen-bond acceptors (Lipinski definition) is 1. The van der Waals surface area contributed by atoms with Gasteiger partial charge in [-0.05, 0) is 39.0 Å². The molecule has 0 saturated heterocycles. The Labute approximate surface area is 92.7 Å². The molecule has 0 aromatic heterocycles. The van der Waals surface area contributed by atoms with Crippen LogP contribution in [0.1, 0.15) is 0 Å². The first kappa shape index (κ1) is 23.0. The third-order valence-corrected chi connectivity index (χ3v) is 3.58. The van der Waals surface area contributed by atoms with E-state index in [1.807, 2.05) is 0 Å². The van der Waals surface area contributed by atoms with Gasteiger partial charge < -0.3 is 17.9 Å². The summed E-state index contributed by atoms with van der Waals surface area (Å²) in [7, 11) is 0.766. The molecule has 5 heteroatoms. The standard InChI is InChI=1S/C6H16P2.ClH.H2O.Tc/c1-7(2)5-6-8(3)4;;;/h5-6H2,1-4H3;1H;1H2;/p-2/i;;;1+1. The molecule has 1 N–H and O–H groups in total. The fourth-order valence-electron chi connectivity index (χ4n) is 0.400. The molecule has 0 amide bonds. The molecule has 0 atom stereocenters. The summed E-state index contributed by atoms with van der Waals surface area (Å²) >= 11 is 0. The average Bonchev–Trinajstić information content (AvgIpc) is 1.61. The van der Waals surface area contributed by atoms with E-state index in [2.05, 4.69) is 26.7 Å². The monoisotopic (exact) mass is 301 g/mol. The van der Waals surface area contributed by atoms with Gasteiger partial charge in [-0.3, -0.25) is 0 Å². The van der Waals surface area contributed by atoms with E-state index in [4.69, 9.17) is 0 Å². The molecule has 0 aliphatic rings. The Bertz CT molecular complexity index is 56.5. The van der Waals surface area contributed by atoms with Crippen LogP contribution >= 0.6 is 15.8 Å². The van der Waals surface area contributed by atoms with Gasteiger partial charge in [0.05, 0.1) is 0 Å². The van der Waals surface area contributed by atoms with Gasteiger partial charge in [-0.15, -0.1) is 15.8 Å². The zero-order chi connectivity index (χ0) is 6.57. The van der Waals surface area contributed by atoms with Gasteiger partial charge >= 0.3 is 0 Å². The molecule has 1 nitrogen and oxygen atoms in total. The first-order valence-corrected chi connectivity index (χ1v) is 7.76. The van der Waals surface area contributed by atoms with Crippen LogP contribution in [0.5, 0.6) is 0 Å². The molecule has 0 spiro atoms.